The molecule has 18 heavy (non-hydrogen) atoms. The fourth-order valence-electron chi connectivity index (χ4n) is 1.66. The first kappa shape index (κ1) is 12.1. The summed E-state index contributed by atoms with van der Waals surface area (Å²) in [6.07, 6.45) is 0.289. The monoisotopic (exact) mass is 243 g/mol. The van der Waals surface area contributed by atoms with Gasteiger partial charge < -0.3 is 9.64 Å². The van der Waals surface area contributed by atoms with Crippen molar-refractivity contribution in [2.45, 2.75) is 0 Å². The maximum absolute atomic E-state index is 11.5. The summed E-state index contributed by atoms with van der Waals surface area (Å²) >= 11 is 0. The summed E-state index contributed by atoms with van der Waals surface area (Å²) in [5.74, 6) is 0.370. The van der Waals surface area contributed by atoms with Crippen molar-refractivity contribution >= 4 is 23.2 Å². The highest BCUT2D eigenvalue weighted by Gasteiger charge is 2.09. The Labute approximate surface area is 105 Å². The zero-order valence-electron chi connectivity index (χ0n) is 10.2. The molecule has 0 saturated heterocycles. The van der Waals surface area contributed by atoms with Crippen LogP contribution >= 0.6 is 0 Å². The van der Waals surface area contributed by atoms with Gasteiger partial charge in [0.25, 0.3) is 0 Å². The molecule has 0 aliphatic carbocycles. The molecule has 0 aliphatic heterocycles. The van der Waals surface area contributed by atoms with Crippen LogP contribution in [-0.4, -0.2) is 31.4 Å². The molecule has 0 fully saturated rings. The van der Waals surface area contributed by atoms with Gasteiger partial charge in [-0.25, -0.2) is 4.79 Å². The Hall–Kier alpha value is -2.36. The molecule has 4 nitrogen and oxygen atoms in total. The standard InChI is InChI=1S/C14H13NO3/c1-15(2)14(17)18-12-7-10-5-3-4-6-13(10)11(8-12)9-16/h3-9H,1-2H3. The lowest BCUT2D eigenvalue weighted by atomic mass is 10.1. The number of amides is 1. The van der Waals surface area contributed by atoms with Gasteiger partial charge in [-0.05, 0) is 22.9 Å². The second kappa shape index (κ2) is 4.87. The number of fused-ring (bicyclic) bond motifs is 1. The van der Waals surface area contributed by atoms with Gasteiger partial charge in [0.1, 0.15) is 5.75 Å². The second-order valence-corrected chi connectivity index (χ2v) is 4.11. The van der Waals surface area contributed by atoms with E-state index >= 15 is 0 Å². The number of rotatable bonds is 2. The number of carbonyl (C=O) groups is 2. The molecular weight excluding hydrogens is 230 g/mol. The lowest BCUT2D eigenvalue weighted by Gasteiger charge is -2.12. The van der Waals surface area contributed by atoms with E-state index in [9.17, 15) is 9.59 Å². The zero-order valence-corrected chi connectivity index (χ0v) is 10.2. The third-order valence-corrected chi connectivity index (χ3v) is 2.56. The first-order chi connectivity index (χ1) is 8.61. The molecule has 1 amide bonds. The molecule has 2 rings (SSSR count). The Morgan fingerprint density at radius 3 is 2.61 bits per heavy atom. The van der Waals surface area contributed by atoms with Crippen molar-refractivity contribution in [2.24, 2.45) is 0 Å². The minimum absolute atomic E-state index is 0.370. The predicted molar refractivity (Wildman–Crippen MR) is 69.0 cm³/mol. The zero-order chi connectivity index (χ0) is 13.1. The number of aldehydes is 1. The van der Waals surface area contributed by atoms with Gasteiger partial charge >= 0.3 is 6.09 Å². The fraction of sp³-hybridized carbons (Fsp3) is 0.143. The van der Waals surface area contributed by atoms with E-state index in [-0.39, 0.29) is 0 Å². The molecule has 0 unspecified atom stereocenters. The number of nitrogens with zero attached hydrogens (tertiary/aromatic N) is 1. The van der Waals surface area contributed by atoms with Gasteiger partial charge in [0.2, 0.25) is 0 Å². The van der Waals surface area contributed by atoms with Crippen LogP contribution in [0, 0.1) is 0 Å². The maximum Gasteiger partial charge on any atom is 0.414 e. The number of benzene rings is 2. The van der Waals surface area contributed by atoms with Crippen LogP contribution in [-0.2, 0) is 0 Å². The minimum atomic E-state index is -0.470. The fourth-order valence-corrected chi connectivity index (χ4v) is 1.66. The van der Waals surface area contributed by atoms with Crippen LogP contribution in [0.3, 0.4) is 0 Å². The summed E-state index contributed by atoms with van der Waals surface area (Å²) in [6, 6.07) is 10.8. The van der Waals surface area contributed by atoms with Gasteiger partial charge in [0.05, 0.1) is 0 Å². The van der Waals surface area contributed by atoms with Gasteiger partial charge in [0.15, 0.2) is 6.29 Å². The largest absolute Gasteiger partial charge is 0.414 e. The van der Waals surface area contributed by atoms with E-state index in [0.717, 1.165) is 17.1 Å². The molecule has 92 valence electrons. The average molecular weight is 243 g/mol. The van der Waals surface area contributed by atoms with E-state index in [0.29, 0.717) is 11.3 Å². The van der Waals surface area contributed by atoms with E-state index in [1.54, 1.807) is 26.2 Å². The van der Waals surface area contributed by atoms with Gasteiger partial charge in [-0.3, -0.25) is 4.79 Å². The molecule has 0 heterocycles. The van der Waals surface area contributed by atoms with Crippen LogP contribution in [0.15, 0.2) is 36.4 Å². The summed E-state index contributed by atoms with van der Waals surface area (Å²) in [6.45, 7) is 0. The predicted octanol–water partition coefficient (Wildman–Crippen LogP) is 2.71. The van der Waals surface area contributed by atoms with Crippen molar-refractivity contribution in [3.63, 3.8) is 0 Å². The molecule has 0 N–H and O–H groups in total. The second-order valence-electron chi connectivity index (χ2n) is 4.11. The summed E-state index contributed by atoms with van der Waals surface area (Å²) in [5, 5.41) is 1.71. The lowest BCUT2D eigenvalue weighted by molar-refractivity contribution is 0.112. The maximum atomic E-state index is 11.5. The van der Waals surface area contributed by atoms with Crippen LogP contribution in [0.1, 0.15) is 10.4 Å². The third kappa shape index (κ3) is 2.32. The van der Waals surface area contributed by atoms with Crippen molar-refractivity contribution in [2.75, 3.05) is 14.1 Å². The van der Waals surface area contributed by atoms with E-state index in [4.69, 9.17) is 4.74 Å². The van der Waals surface area contributed by atoms with E-state index in [1.165, 1.54) is 4.90 Å². The Balaban J connectivity index is 2.47. The Kier molecular flexibility index (Phi) is 3.28. The molecular formula is C14H13NO3. The topological polar surface area (TPSA) is 46.6 Å². The highest BCUT2D eigenvalue weighted by atomic mass is 16.6. The van der Waals surface area contributed by atoms with Crippen LogP contribution in [0.5, 0.6) is 5.75 Å². The Morgan fingerprint density at radius 1 is 1.22 bits per heavy atom. The highest BCUT2D eigenvalue weighted by molar-refractivity contribution is 5.99. The van der Waals surface area contributed by atoms with E-state index < -0.39 is 6.09 Å². The summed E-state index contributed by atoms with van der Waals surface area (Å²) in [7, 11) is 3.20. The third-order valence-electron chi connectivity index (χ3n) is 2.56. The minimum Gasteiger partial charge on any atom is -0.410 e. The quantitative estimate of drug-likeness (QED) is 0.762. The molecule has 0 spiro atoms. The van der Waals surface area contributed by atoms with Crippen molar-refractivity contribution in [1.82, 2.24) is 4.90 Å². The molecule has 2 aromatic carbocycles. The van der Waals surface area contributed by atoms with Crippen molar-refractivity contribution < 1.29 is 14.3 Å². The molecule has 0 saturated carbocycles. The van der Waals surface area contributed by atoms with Crippen molar-refractivity contribution in [3.05, 3.63) is 42.0 Å². The number of hydrogen-bond donors (Lipinski definition) is 0. The SMILES string of the molecule is CN(C)C(=O)Oc1cc(C=O)c2ccccc2c1. The first-order valence-corrected chi connectivity index (χ1v) is 5.49. The molecule has 2 aromatic rings. The number of hydrogen-bond acceptors (Lipinski definition) is 3. The van der Waals surface area contributed by atoms with Crippen LogP contribution < -0.4 is 4.74 Å². The smallest absolute Gasteiger partial charge is 0.410 e. The van der Waals surface area contributed by atoms with E-state index in [1.807, 2.05) is 24.3 Å². The normalized spacial score (nSPS) is 10.1. The van der Waals surface area contributed by atoms with Gasteiger partial charge in [0, 0.05) is 19.7 Å². The van der Waals surface area contributed by atoms with Crippen molar-refractivity contribution in [3.8, 4) is 5.75 Å². The Morgan fingerprint density at radius 2 is 1.94 bits per heavy atom. The molecule has 4 heteroatoms. The molecule has 0 bridgehead atoms. The molecule has 0 aliphatic rings. The van der Waals surface area contributed by atoms with Crippen LogP contribution in [0.2, 0.25) is 0 Å². The average Bonchev–Trinajstić information content (AvgIpc) is 2.37. The van der Waals surface area contributed by atoms with Crippen LogP contribution in [0.4, 0.5) is 4.79 Å². The summed E-state index contributed by atoms with van der Waals surface area (Å²) < 4.78 is 5.15. The van der Waals surface area contributed by atoms with Gasteiger partial charge in [-0.15, -0.1) is 0 Å². The summed E-state index contributed by atoms with van der Waals surface area (Å²) in [5.41, 5.74) is 0.509. The number of carbonyl (C=O) groups excluding carboxylic acids is 2. The van der Waals surface area contributed by atoms with E-state index in [2.05, 4.69) is 0 Å². The molecule has 0 aromatic heterocycles. The Bertz CT molecular complexity index is 605. The van der Waals surface area contributed by atoms with Gasteiger partial charge in [-0.1, -0.05) is 24.3 Å². The van der Waals surface area contributed by atoms with Crippen LogP contribution in [0.25, 0.3) is 10.8 Å². The lowest BCUT2D eigenvalue weighted by Crippen LogP contribution is -2.25. The van der Waals surface area contributed by atoms with Crippen molar-refractivity contribution in [1.29, 1.82) is 0 Å². The van der Waals surface area contributed by atoms with Gasteiger partial charge in [-0.2, -0.15) is 0 Å². The molecule has 0 radical (unpaired) electrons. The molecule has 0 atom stereocenters. The highest BCUT2D eigenvalue weighted by Crippen LogP contribution is 2.24. The number of ether oxygens (including phenoxy) is 1. The first-order valence-electron chi connectivity index (χ1n) is 5.49. The summed E-state index contributed by atoms with van der Waals surface area (Å²) in [4.78, 5) is 23.8.